The third-order valence-electron chi connectivity index (χ3n) is 4.10. The number of aromatic nitrogens is 3. The van der Waals surface area contributed by atoms with E-state index in [9.17, 15) is 0 Å². The summed E-state index contributed by atoms with van der Waals surface area (Å²) in [5.74, 6) is 0.653. The number of hydrogen-bond donors (Lipinski definition) is 1. The Morgan fingerprint density at radius 2 is 2.21 bits per heavy atom. The third-order valence-corrected chi connectivity index (χ3v) is 5.04. The minimum Gasteiger partial charge on any atom is -0.324 e. The second kappa shape index (κ2) is 4.15. The van der Waals surface area contributed by atoms with Gasteiger partial charge in [0.1, 0.15) is 0 Å². The topological polar surface area (TPSA) is 56.7 Å². The highest BCUT2D eigenvalue weighted by Crippen LogP contribution is 2.45. The van der Waals surface area contributed by atoms with Gasteiger partial charge in [0.05, 0.1) is 17.1 Å². The molecule has 2 heterocycles. The molecule has 0 saturated heterocycles. The SMILES string of the molecule is Cc1csc(-n2nc(C3CC3)c3c2CCCC3N)n1. The first kappa shape index (κ1) is 11.6. The van der Waals surface area contributed by atoms with Gasteiger partial charge in [0, 0.05) is 22.9 Å². The lowest BCUT2D eigenvalue weighted by atomic mass is 9.90. The molecule has 2 aromatic heterocycles. The van der Waals surface area contributed by atoms with E-state index in [0.717, 1.165) is 30.1 Å². The summed E-state index contributed by atoms with van der Waals surface area (Å²) in [7, 11) is 0. The van der Waals surface area contributed by atoms with Crippen LogP contribution in [0.25, 0.3) is 5.13 Å². The summed E-state index contributed by atoms with van der Waals surface area (Å²) in [6.07, 6.45) is 5.88. The van der Waals surface area contributed by atoms with Crippen molar-refractivity contribution in [2.75, 3.05) is 0 Å². The molecule has 4 rings (SSSR count). The van der Waals surface area contributed by atoms with E-state index >= 15 is 0 Å². The summed E-state index contributed by atoms with van der Waals surface area (Å²) in [5.41, 5.74) is 11.3. The molecule has 0 radical (unpaired) electrons. The van der Waals surface area contributed by atoms with Gasteiger partial charge in [0.25, 0.3) is 0 Å². The van der Waals surface area contributed by atoms with E-state index in [1.54, 1.807) is 11.3 Å². The average molecular weight is 274 g/mol. The lowest BCUT2D eigenvalue weighted by Crippen LogP contribution is -2.19. The van der Waals surface area contributed by atoms with E-state index < -0.39 is 0 Å². The van der Waals surface area contributed by atoms with Crippen molar-refractivity contribution >= 4 is 11.3 Å². The molecule has 1 saturated carbocycles. The minimum absolute atomic E-state index is 0.175. The maximum Gasteiger partial charge on any atom is 0.210 e. The molecule has 19 heavy (non-hydrogen) atoms. The molecule has 5 heteroatoms. The van der Waals surface area contributed by atoms with Crippen molar-refractivity contribution < 1.29 is 0 Å². The maximum atomic E-state index is 6.34. The zero-order valence-electron chi connectivity index (χ0n) is 11.1. The van der Waals surface area contributed by atoms with E-state index in [0.29, 0.717) is 5.92 Å². The van der Waals surface area contributed by atoms with Gasteiger partial charge in [0.2, 0.25) is 5.13 Å². The number of fused-ring (bicyclic) bond motifs is 1. The summed E-state index contributed by atoms with van der Waals surface area (Å²) >= 11 is 1.67. The van der Waals surface area contributed by atoms with E-state index in [-0.39, 0.29) is 6.04 Å². The van der Waals surface area contributed by atoms with Crippen LogP contribution < -0.4 is 5.73 Å². The molecule has 0 amide bonds. The standard InChI is InChI=1S/C14H18N4S/c1-8-7-19-14(16-8)18-11-4-2-3-10(15)12(11)13(17-18)9-5-6-9/h7,9-10H,2-6,15H2,1H3. The Morgan fingerprint density at radius 1 is 1.37 bits per heavy atom. The smallest absolute Gasteiger partial charge is 0.210 e. The summed E-state index contributed by atoms with van der Waals surface area (Å²) in [6.45, 7) is 2.03. The van der Waals surface area contributed by atoms with Crippen LogP contribution in [-0.2, 0) is 6.42 Å². The Labute approximate surface area is 116 Å². The molecule has 0 aliphatic heterocycles. The molecule has 0 aromatic carbocycles. The zero-order chi connectivity index (χ0) is 13.0. The summed E-state index contributed by atoms with van der Waals surface area (Å²) < 4.78 is 2.07. The molecule has 100 valence electrons. The van der Waals surface area contributed by atoms with Crippen molar-refractivity contribution in [3.05, 3.63) is 28.0 Å². The van der Waals surface area contributed by atoms with E-state index in [1.165, 1.54) is 29.8 Å². The molecule has 0 bridgehead atoms. The normalized spacial score (nSPS) is 22.5. The first-order chi connectivity index (χ1) is 9.24. The van der Waals surface area contributed by atoms with Crippen LogP contribution in [0.15, 0.2) is 5.38 Å². The first-order valence-corrected chi connectivity index (χ1v) is 7.92. The van der Waals surface area contributed by atoms with Crippen molar-refractivity contribution in [2.24, 2.45) is 5.73 Å². The minimum atomic E-state index is 0.175. The molecule has 1 atom stereocenters. The van der Waals surface area contributed by atoms with Crippen LogP contribution in [-0.4, -0.2) is 14.8 Å². The van der Waals surface area contributed by atoms with Gasteiger partial charge in [-0.25, -0.2) is 9.67 Å². The quantitative estimate of drug-likeness (QED) is 0.916. The molecule has 2 aromatic rings. The van der Waals surface area contributed by atoms with Crippen molar-refractivity contribution in [1.29, 1.82) is 0 Å². The Kier molecular flexibility index (Phi) is 2.53. The van der Waals surface area contributed by atoms with Crippen LogP contribution in [0, 0.1) is 6.92 Å². The Balaban J connectivity index is 1.89. The van der Waals surface area contributed by atoms with Crippen LogP contribution >= 0.6 is 11.3 Å². The third kappa shape index (κ3) is 1.83. The molecule has 2 aliphatic carbocycles. The highest BCUT2D eigenvalue weighted by Gasteiger charge is 2.35. The molecular formula is C14H18N4S. The van der Waals surface area contributed by atoms with Gasteiger partial charge in [-0.2, -0.15) is 5.10 Å². The van der Waals surface area contributed by atoms with Gasteiger partial charge >= 0.3 is 0 Å². The highest BCUT2D eigenvalue weighted by atomic mass is 32.1. The summed E-state index contributed by atoms with van der Waals surface area (Å²) in [5, 5.41) is 7.95. The second-order valence-corrected chi connectivity index (χ2v) is 6.54. The number of rotatable bonds is 2. The van der Waals surface area contributed by atoms with Crippen LogP contribution in [0.3, 0.4) is 0 Å². The monoisotopic (exact) mass is 274 g/mol. The van der Waals surface area contributed by atoms with Crippen LogP contribution in [0.5, 0.6) is 0 Å². The molecule has 2 N–H and O–H groups in total. The first-order valence-electron chi connectivity index (χ1n) is 7.04. The largest absolute Gasteiger partial charge is 0.324 e. The maximum absolute atomic E-state index is 6.34. The van der Waals surface area contributed by atoms with Gasteiger partial charge < -0.3 is 5.73 Å². The average Bonchev–Trinajstić information content (AvgIpc) is 3.03. The summed E-state index contributed by atoms with van der Waals surface area (Å²) in [6, 6.07) is 0.175. The highest BCUT2D eigenvalue weighted by molar-refractivity contribution is 7.12. The predicted octanol–water partition coefficient (Wildman–Crippen LogP) is 2.85. The Morgan fingerprint density at radius 3 is 2.89 bits per heavy atom. The molecular weight excluding hydrogens is 256 g/mol. The molecule has 1 unspecified atom stereocenters. The lowest BCUT2D eigenvalue weighted by Gasteiger charge is -2.20. The van der Waals surface area contributed by atoms with Crippen molar-refractivity contribution in [1.82, 2.24) is 14.8 Å². The van der Waals surface area contributed by atoms with E-state index in [4.69, 9.17) is 10.8 Å². The van der Waals surface area contributed by atoms with E-state index in [2.05, 4.69) is 15.0 Å². The van der Waals surface area contributed by atoms with Crippen molar-refractivity contribution in [3.63, 3.8) is 0 Å². The fourth-order valence-electron chi connectivity index (χ4n) is 3.02. The van der Waals surface area contributed by atoms with Gasteiger partial charge in [-0.3, -0.25) is 0 Å². The number of nitrogens with zero attached hydrogens (tertiary/aromatic N) is 3. The lowest BCUT2D eigenvalue weighted by molar-refractivity contribution is 0.555. The number of hydrogen-bond acceptors (Lipinski definition) is 4. The van der Waals surface area contributed by atoms with Gasteiger partial charge in [0.15, 0.2) is 0 Å². The molecule has 2 aliphatic rings. The van der Waals surface area contributed by atoms with Crippen LogP contribution in [0.1, 0.15) is 60.3 Å². The van der Waals surface area contributed by atoms with Gasteiger partial charge in [-0.05, 0) is 39.0 Å². The van der Waals surface area contributed by atoms with Crippen molar-refractivity contribution in [3.8, 4) is 5.13 Å². The van der Waals surface area contributed by atoms with Crippen LogP contribution in [0.2, 0.25) is 0 Å². The Bertz CT molecular complexity index is 623. The second-order valence-electron chi connectivity index (χ2n) is 5.70. The number of thiazole rings is 1. The zero-order valence-corrected chi connectivity index (χ0v) is 11.9. The Hall–Kier alpha value is -1.20. The van der Waals surface area contributed by atoms with Gasteiger partial charge in [-0.1, -0.05) is 0 Å². The van der Waals surface area contributed by atoms with E-state index in [1.807, 2.05) is 6.92 Å². The molecule has 0 spiro atoms. The predicted molar refractivity (Wildman–Crippen MR) is 75.8 cm³/mol. The number of aryl methyl sites for hydroxylation is 1. The number of nitrogens with two attached hydrogens (primary N) is 1. The van der Waals surface area contributed by atoms with Crippen LogP contribution in [0.4, 0.5) is 0 Å². The molecule has 4 nitrogen and oxygen atoms in total. The van der Waals surface area contributed by atoms with Gasteiger partial charge in [-0.15, -0.1) is 11.3 Å². The molecule has 1 fully saturated rings. The fourth-order valence-corrected chi connectivity index (χ4v) is 3.79. The summed E-state index contributed by atoms with van der Waals surface area (Å²) in [4.78, 5) is 4.59. The fraction of sp³-hybridized carbons (Fsp3) is 0.571. The van der Waals surface area contributed by atoms with Crippen molar-refractivity contribution in [2.45, 2.75) is 51.0 Å².